The first-order valence-corrected chi connectivity index (χ1v) is 14.5. The van der Waals surface area contributed by atoms with E-state index in [1.807, 2.05) is 24.3 Å². The number of rotatable bonds is 5. The number of halogens is 2. The molecule has 1 atom stereocenters. The number of anilines is 1. The molecule has 4 aromatic rings. The molecule has 3 heterocycles. The molecule has 6 nitrogen and oxygen atoms in total. The Kier molecular flexibility index (Phi) is 7.41. The number of para-hydroxylation sites is 2. The van der Waals surface area contributed by atoms with Gasteiger partial charge in [0.25, 0.3) is 0 Å². The van der Waals surface area contributed by atoms with Gasteiger partial charge in [-0.2, -0.15) is 0 Å². The fourth-order valence-corrected chi connectivity index (χ4v) is 6.23. The molecule has 3 aromatic carbocycles. The van der Waals surface area contributed by atoms with E-state index in [4.69, 9.17) is 16.6 Å². The Morgan fingerprint density at radius 2 is 1.71 bits per heavy atom. The summed E-state index contributed by atoms with van der Waals surface area (Å²) in [6.45, 7) is 5.64. The van der Waals surface area contributed by atoms with E-state index >= 15 is 0 Å². The molecular formula is C30H31BrClN5O. The van der Waals surface area contributed by atoms with E-state index in [9.17, 15) is 4.79 Å². The average molecular weight is 593 g/mol. The third-order valence-corrected chi connectivity index (χ3v) is 8.46. The summed E-state index contributed by atoms with van der Waals surface area (Å²) in [4.78, 5) is 25.3. The SMILES string of the molecule is O=C([C@H]1CCCN(Cc2nc3ccccc3n2-c2ccc(Br)cc2)C1)N1CCN(c2cccc(Cl)c2)CC1. The van der Waals surface area contributed by atoms with Crippen LogP contribution in [0, 0.1) is 5.92 Å². The molecule has 2 aliphatic heterocycles. The van der Waals surface area contributed by atoms with E-state index < -0.39 is 0 Å². The van der Waals surface area contributed by atoms with Crippen LogP contribution in [0.15, 0.2) is 77.3 Å². The second kappa shape index (κ2) is 11.1. The molecule has 0 unspecified atom stereocenters. The van der Waals surface area contributed by atoms with E-state index in [-0.39, 0.29) is 5.92 Å². The second-order valence-corrected chi connectivity index (χ2v) is 11.5. The third-order valence-electron chi connectivity index (χ3n) is 7.70. The first-order valence-electron chi connectivity index (χ1n) is 13.3. The van der Waals surface area contributed by atoms with Crippen molar-refractivity contribution in [2.24, 2.45) is 5.92 Å². The molecule has 0 saturated carbocycles. The zero-order valence-electron chi connectivity index (χ0n) is 21.3. The molecule has 0 bridgehead atoms. The van der Waals surface area contributed by atoms with Gasteiger partial charge in [0.15, 0.2) is 0 Å². The maximum Gasteiger partial charge on any atom is 0.227 e. The first-order chi connectivity index (χ1) is 18.5. The van der Waals surface area contributed by atoms with Crippen molar-refractivity contribution in [2.45, 2.75) is 19.4 Å². The quantitative estimate of drug-likeness (QED) is 0.285. The Hall–Kier alpha value is -2.87. The number of nitrogens with zero attached hydrogens (tertiary/aromatic N) is 5. The maximum absolute atomic E-state index is 13.5. The van der Waals surface area contributed by atoms with Gasteiger partial charge in [-0.1, -0.05) is 45.7 Å². The zero-order valence-corrected chi connectivity index (χ0v) is 23.6. The van der Waals surface area contributed by atoms with Crippen LogP contribution < -0.4 is 4.90 Å². The van der Waals surface area contributed by atoms with Crippen molar-refractivity contribution in [3.05, 3.63) is 88.1 Å². The average Bonchev–Trinajstić information content (AvgIpc) is 3.31. The number of likely N-dealkylation sites (tertiary alicyclic amines) is 1. The smallest absolute Gasteiger partial charge is 0.227 e. The van der Waals surface area contributed by atoms with E-state index in [2.05, 4.69) is 83.7 Å². The standard InChI is InChI=1S/C30H31BrClN5O/c31-23-10-12-25(13-11-23)37-28-9-2-1-8-27(28)33-29(37)21-34-14-4-5-22(20-34)30(38)36-17-15-35(16-18-36)26-7-3-6-24(32)19-26/h1-3,6-13,19,22H,4-5,14-18,20-21H2/t22-/m0/s1. The third kappa shape index (κ3) is 5.33. The molecule has 0 radical (unpaired) electrons. The summed E-state index contributed by atoms with van der Waals surface area (Å²) in [5.74, 6) is 1.34. The molecule has 196 valence electrons. The van der Waals surface area contributed by atoms with Crippen LogP contribution in [-0.2, 0) is 11.3 Å². The van der Waals surface area contributed by atoms with Gasteiger partial charge >= 0.3 is 0 Å². The van der Waals surface area contributed by atoms with Gasteiger partial charge < -0.3 is 9.80 Å². The van der Waals surface area contributed by atoms with Crippen molar-refractivity contribution in [3.63, 3.8) is 0 Å². The molecule has 1 aromatic heterocycles. The number of hydrogen-bond donors (Lipinski definition) is 0. The molecule has 0 spiro atoms. The van der Waals surface area contributed by atoms with Crippen molar-refractivity contribution >= 4 is 50.2 Å². The molecular weight excluding hydrogens is 562 g/mol. The number of benzene rings is 3. The van der Waals surface area contributed by atoms with Crippen LogP contribution >= 0.6 is 27.5 Å². The van der Waals surface area contributed by atoms with Crippen LogP contribution in [0.5, 0.6) is 0 Å². The summed E-state index contributed by atoms with van der Waals surface area (Å²) in [5.41, 5.74) is 4.32. The van der Waals surface area contributed by atoms with Crippen LogP contribution in [-0.4, -0.2) is 64.5 Å². The Morgan fingerprint density at radius 3 is 2.50 bits per heavy atom. The van der Waals surface area contributed by atoms with E-state index in [0.717, 1.165) is 96.4 Å². The molecule has 0 aliphatic carbocycles. The highest BCUT2D eigenvalue weighted by Crippen LogP contribution is 2.27. The fourth-order valence-electron chi connectivity index (χ4n) is 5.78. The highest BCUT2D eigenvalue weighted by atomic mass is 79.9. The molecule has 1 amide bonds. The minimum atomic E-state index is 0.0342. The first kappa shape index (κ1) is 25.4. The fraction of sp³-hybridized carbons (Fsp3) is 0.333. The number of carbonyl (C=O) groups excluding carboxylic acids is 1. The zero-order chi connectivity index (χ0) is 26.1. The van der Waals surface area contributed by atoms with E-state index in [1.165, 1.54) is 0 Å². The topological polar surface area (TPSA) is 44.6 Å². The van der Waals surface area contributed by atoms with Gasteiger partial charge in [-0.05, 0) is 74.0 Å². The number of imidazole rings is 1. The number of amides is 1. The molecule has 38 heavy (non-hydrogen) atoms. The molecule has 0 N–H and O–H groups in total. The largest absolute Gasteiger partial charge is 0.368 e. The van der Waals surface area contributed by atoms with Gasteiger partial charge in [0.2, 0.25) is 5.91 Å². The number of piperidine rings is 1. The Morgan fingerprint density at radius 1 is 0.921 bits per heavy atom. The van der Waals surface area contributed by atoms with Crippen LogP contribution in [0.1, 0.15) is 18.7 Å². The molecule has 8 heteroatoms. The number of carbonyl (C=O) groups is 1. The van der Waals surface area contributed by atoms with Gasteiger partial charge in [0.1, 0.15) is 5.82 Å². The number of hydrogen-bond acceptors (Lipinski definition) is 4. The maximum atomic E-state index is 13.5. The van der Waals surface area contributed by atoms with Gasteiger partial charge in [-0.25, -0.2) is 4.98 Å². The molecule has 2 aliphatic rings. The summed E-state index contributed by atoms with van der Waals surface area (Å²) < 4.78 is 3.31. The van der Waals surface area contributed by atoms with E-state index in [1.54, 1.807) is 0 Å². The lowest BCUT2D eigenvalue weighted by atomic mass is 9.96. The monoisotopic (exact) mass is 591 g/mol. The Balaban J connectivity index is 1.14. The summed E-state index contributed by atoms with van der Waals surface area (Å²) in [6, 6.07) is 24.6. The summed E-state index contributed by atoms with van der Waals surface area (Å²) in [7, 11) is 0. The van der Waals surface area contributed by atoms with Crippen molar-refractivity contribution in [1.82, 2.24) is 19.4 Å². The number of aromatic nitrogens is 2. The van der Waals surface area contributed by atoms with Crippen LogP contribution in [0.3, 0.4) is 0 Å². The predicted octanol–water partition coefficient (Wildman–Crippen LogP) is 6.00. The number of fused-ring (bicyclic) bond motifs is 1. The minimum absolute atomic E-state index is 0.0342. The van der Waals surface area contributed by atoms with Crippen molar-refractivity contribution in [3.8, 4) is 5.69 Å². The van der Waals surface area contributed by atoms with Gasteiger partial charge in [-0.3, -0.25) is 14.3 Å². The van der Waals surface area contributed by atoms with Crippen LogP contribution in [0.25, 0.3) is 16.7 Å². The van der Waals surface area contributed by atoms with Crippen molar-refractivity contribution < 1.29 is 4.79 Å². The predicted molar refractivity (Wildman–Crippen MR) is 157 cm³/mol. The van der Waals surface area contributed by atoms with Crippen molar-refractivity contribution in [1.29, 1.82) is 0 Å². The lowest BCUT2D eigenvalue weighted by molar-refractivity contribution is -0.137. The molecule has 2 fully saturated rings. The lowest BCUT2D eigenvalue weighted by Crippen LogP contribution is -2.52. The lowest BCUT2D eigenvalue weighted by Gasteiger charge is -2.39. The highest BCUT2D eigenvalue weighted by molar-refractivity contribution is 9.10. The summed E-state index contributed by atoms with van der Waals surface area (Å²) in [5, 5.41) is 0.747. The summed E-state index contributed by atoms with van der Waals surface area (Å²) in [6.07, 6.45) is 1.98. The number of piperazine rings is 1. The van der Waals surface area contributed by atoms with Crippen molar-refractivity contribution in [2.75, 3.05) is 44.2 Å². The van der Waals surface area contributed by atoms with Crippen LogP contribution in [0.2, 0.25) is 5.02 Å². The van der Waals surface area contributed by atoms with Crippen LogP contribution in [0.4, 0.5) is 5.69 Å². The minimum Gasteiger partial charge on any atom is -0.368 e. The van der Waals surface area contributed by atoms with Gasteiger partial charge in [0, 0.05) is 53.6 Å². The second-order valence-electron chi connectivity index (χ2n) is 10.2. The normalized spacial score (nSPS) is 18.7. The van der Waals surface area contributed by atoms with Gasteiger partial charge in [0.05, 0.1) is 23.5 Å². The molecule has 6 rings (SSSR count). The van der Waals surface area contributed by atoms with Gasteiger partial charge in [-0.15, -0.1) is 0 Å². The molecule has 2 saturated heterocycles. The Bertz CT molecular complexity index is 1430. The van der Waals surface area contributed by atoms with E-state index in [0.29, 0.717) is 5.91 Å². The highest BCUT2D eigenvalue weighted by Gasteiger charge is 2.31. The Labute approximate surface area is 236 Å². The summed E-state index contributed by atoms with van der Waals surface area (Å²) >= 11 is 9.74.